The van der Waals surface area contributed by atoms with E-state index in [-0.39, 0.29) is 6.04 Å². The minimum atomic E-state index is -3.36. The molecule has 118 valence electrons. The topological polar surface area (TPSA) is 58.2 Å². The lowest BCUT2D eigenvalue weighted by Crippen LogP contribution is -2.27. The highest BCUT2D eigenvalue weighted by molar-refractivity contribution is 7.89. The molecule has 2 unspecified atom stereocenters. The molecule has 5 heteroatoms. The van der Waals surface area contributed by atoms with Crippen LogP contribution in [0, 0.1) is 5.92 Å². The van der Waals surface area contributed by atoms with Crippen LogP contribution in [0.5, 0.6) is 0 Å². The van der Waals surface area contributed by atoms with Gasteiger partial charge in [0.25, 0.3) is 0 Å². The van der Waals surface area contributed by atoms with E-state index in [1.54, 1.807) is 12.1 Å². The molecule has 0 heterocycles. The average molecular weight is 310 g/mol. The summed E-state index contributed by atoms with van der Waals surface area (Å²) in [6.45, 7) is 7.23. The Bertz CT molecular complexity index is 552. The summed E-state index contributed by atoms with van der Waals surface area (Å²) in [5, 5.41) is 3.35. The van der Waals surface area contributed by atoms with Crippen LogP contribution in [0.15, 0.2) is 29.2 Å². The van der Waals surface area contributed by atoms with Gasteiger partial charge >= 0.3 is 0 Å². The number of rotatable bonds is 8. The number of nitrogens with one attached hydrogen (secondary N) is 2. The maximum atomic E-state index is 12.2. The molecule has 1 saturated carbocycles. The van der Waals surface area contributed by atoms with Crippen molar-refractivity contribution in [2.45, 2.75) is 57.0 Å². The van der Waals surface area contributed by atoms with Gasteiger partial charge in [0.1, 0.15) is 0 Å². The normalized spacial score (nSPS) is 21.7. The third-order valence-electron chi connectivity index (χ3n) is 3.95. The van der Waals surface area contributed by atoms with E-state index in [2.05, 4.69) is 30.8 Å². The minimum absolute atomic E-state index is 0.134. The van der Waals surface area contributed by atoms with Crippen LogP contribution in [0.25, 0.3) is 0 Å². The van der Waals surface area contributed by atoms with E-state index in [0.29, 0.717) is 16.9 Å². The summed E-state index contributed by atoms with van der Waals surface area (Å²) in [5.74, 6) is 0.515. The van der Waals surface area contributed by atoms with Crippen LogP contribution in [-0.2, 0) is 16.4 Å². The van der Waals surface area contributed by atoms with Crippen LogP contribution in [-0.4, -0.2) is 27.0 Å². The Labute approximate surface area is 128 Å². The van der Waals surface area contributed by atoms with Crippen molar-refractivity contribution in [3.05, 3.63) is 29.8 Å². The SMILES string of the molecule is CCC1CC1NS(=O)(=O)c1ccc(CCNC(C)C)cc1. The fourth-order valence-corrected chi connectivity index (χ4v) is 3.77. The van der Waals surface area contributed by atoms with Gasteiger partial charge in [-0.15, -0.1) is 0 Å². The molecule has 1 aromatic rings. The summed E-state index contributed by atoms with van der Waals surface area (Å²) in [6, 6.07) is 7.82. The molecular formula is C16H26N2O2S. The molecule has 2 atom stereocenters. The zero-order valence-electron chi connectivity index (χ0n) is 13.1. The van der Waals surface area contributed by atoms with Crippen LogP contribution in [0.2, 0.25) is 0 Å². The summed E-state index contributed by atoms with van der Waals surface area (Å²) < 4.78 is 27.3. The lowest BCUT2D eigenvalue weighted by Gasteiger charge is -2.09. The summed E-state index contributed by atoms with van der Waals surface area (Å²) in [5.41, 5.74) is 1.15. The summed E-state index contributed by atoms with van der Waals surface area (Å²) in [4.78, 5) is 0.366. The van der Waals surface area contributed by atoms with Crippen LogP contribution in [0.4, 0.5) is 0 Å². The Hall–Kier alpha value is -0.910. The van der Waals surface area contributed by atoms with E-state index in [1.165, 1.54) is 0 Å². The molecule has 1 aliphatic carbocycles. The van der Waals surface area contributed by atoms with Crippen molar-refractivity contribution in [2.75, 3.05) is 6.54 Å². The second-order valence-corrected chi connectivity index (χ2v) is 7.85. The minimum Gasteiger partial charge on any atom is -0.314 e. The Balaban J connectivity index is 1.91. The Morgan fingerprint density at radius 1 is 1.24 bits per heavy atom. The lowest BCUT2D eigenvalue weighted by molar-refractivity contribution is 0.576. The summed E-state index contributed by atoms with van der Waals surface area (Å²) in [7, 11) is -3.36. The third-order valence-corrected chi connectivity index (χ3v) is 5.46. The first-order chi connectivity index (χ1) is 9.92. The van der Waals surface area contributed by atoms with Crippen molar-refractivity contribution in [3.8, 4) is 0 Å². The lowest BCUT2D eigenvalue weighted by atomic mass is 10.1. The van der Waals surface area contributed by atoms with Gasteiger partial charge in [-0.05, 0) is 43.0 Å². The highest BCUT2D eigenvalue weighted by Gasteiger charge is 2.38. The van der Waals surface area contributed by atoms with Gasteiger partial charge in [-0.3, -0.25) is 0 Å². The molecule has 0 radical (unpaired) electrons. The van der Waals surface area contributed by atoms with Crippen molar-refractivity contribution in [1.82, 2.24) is 10.0 Å². The number of sulfonamides is 1. The zero-order valence-corrected chi connectivity index (χ0v) is 13.9. The largest absolute Gasteiger partial charge is 0.314 e. The predicted molar refractivity (Wildman–Crippen MR) is 85.8 cm³/mol. The highest BCUT2D eigenvalue weighted by atomic mass is 32.2. The Kier molecular flexibility index (Phi) is 5.41. The second-order valence-electron chi connectivity index (χ2n) is 6.13. The standard InChI is InChI=1S/C16H26N2O2S/c1-4-14-11-16(14)18-21(19,20)15-7-5-13(6-8-15)9-10-17-12(2)3/h5-8,12,14,16-18H,4,9-11H2,1-3H3. The van der Waals surface area contributed by atoms with Crippen molar-refractivity contribution < 1.29 is 8.42 Å². The third kappa shape index (κ3) is 4.80. The predicted octanol–water partition coefficient (Wildman–Crippen LogP) is 2.30. The van der Waals surface area contributed by atoms with Crippen molar-refractivity contribution in [2.24, 2.45) is 5.92 Å². The fourth-order valence-electron chi connectivity index (χ4n) is 2.45. The average Bonchev–Trinajstić information content (AvgIpc) is 3.16. The summed E-state index contributed by atoms with van der Waals surface area (Å²) in [6.07, 6.45) is 2.91. The molecule has 1 fully saturated rings. The summed E-state index contributed by atoms with van der Waals surface area (Å²) >= 11 is 0. The molecule has 1 aliphatic rings. The number of hydrogen-bond donors (Lipinski definition) is 2. The van der Waals surface area contributed by atoms with Gasteiger partial charge < -0.3 is 5.32 Å². The van der Waals surface area contributed by atoms with Gasteiger partial charge in [0, 0.05) is 12.1 Å². The van der Waals surface area contributed by atoms with E-state index in [0.717, 1.165) is 31.4 Å². The van der Waals surface area contributed by atoms with E-state index < -0.39 is 10.0 Å². The Morgan fingerprint density at radius 3 is 2.43 bits per heavy atom. The second kappa shape index (κ2) is 6.90. The molecule has 0 saturated heterocycles. The van der Waals surface area contributed by atoms with Crippen molar-refractivity contribution in [1.29, 1.82) is 0 Å². The van der Waals surface area contributed by atoms with Crippen LogP contribution in [0.3, 0.4) is 0 Å². The maximum absolute atomic E-state index is 12.2. The zero-order chi connectivity index (χ0) is 15.5. The van der Waals surface area contributed by atoms with Crippen molar-refractivity contribution in [3.63, 3.8) is 0 Å². The van der Waals surface area contributed by atoms with Crippen LogP contribution in [0.1, 0.15) is 39.2 Å². The molecule has 1 aromatic carbocycles. The van der Waals surface area contributed by atoms with Crippen molar-refractivity contribution >= 4 is 10.0 Å². The van der Waals surface area contributed by atoms with E-state index in [9.17, 15) is 8.42 Å². The number of benzene rings is 1. The van der Waals surface area contributed by atoms with Gasteiger partial charge in [-0.2, -0.15) is 0 Å². The number of hydrogen-bond acceptors (Lipinski definition) is 3. The smallest absolute Gasteiger partial charge is 0.240 e. The first-order valence-electron chi connectivity index (χ1n) is 7.77. The van der Waals surface area contributed by atoms with E-state index >= 15 is 0 Å². The molecule has 2 rings (SSSR count). The highest BCUT2D eigenvalue weighted by Crippen LogP contribution is 2.34. The van der Waals surface area contributed by atoms with Crippen LogP contribution >= 0.6 is 0 Å². The molecule has 0 spiro atoms. The molecule has 0 aromatic heterocycles. The van der Waals surface area contributed by atoms with Crippen LogP contribution < -0.4 is 10.0 Å². The molecule has 0 amide bonds. The first kappa shape index (κ1) is 16.5. The van der Waals surface area contributed by atoms with Gasteiger partial charge in [-0.1, -0.05) is 39.3 Å². The molecule has 0 bridgehead atoms. The monoisotopic (exact) mass is 310 g/mol. The molecule has 4 nitrogen and oxygen atoms in total. The van der Waals surface area contributed by atoms with Gasteiger partial charge in [0.15, 0.2) is 0 Å². The molecular weight excluding hydrogens is 284 g/mol. The first-order valence-corrected chi connectivity index (χ1v) is 9.25. The maximum Gasteiger partial charge on any atom is 0.240 e. The fraction of sp³-hybridized carbons (Fsp3) is 0.625. The molecule has 2 N–H and O–H groups in total. The van der Waals surface area contributed by atoms with E-state index in [4.69, 9.17) is 0 Å². The molecule has 0 aliphatic heterocycles. The van der Waals surface area contributed by atoms with Gasteiger partial charge in [0.05, 0.1) is 4.90 Å². The van der Waals surface area contributed by atoms with E-state index in [1.807, 2.05) is 12.1 Å². The van der Waals surface area contributed by atoms with Gasteiger partial charge in [-0.25, -0.2) is 13.1 Å². The Morgan fingerprint density at radius 2 is 1.90 bits per heavy atom. The van der Waals surface area contributed by atoms with Gasteiger partial charge in [0.2, 0.25) is 10.0 Å². The molecule has 21 heavy (non-hydrogen) atoms. The quantitative estimate of drug-likeness (QED) is 0.774.